The van der Waals surface area contributed by atoms with E-state index in [2.05, 4.69) is 6.92 Å². The molecule has 0 aromatic heterocycles. The Bertz CT molecular complexity index is 189. The smallest absolute Gasteiger partial charge is 0.311 e. The van der Waals surface area contributed by atoms with Gasteiger partial charge in [0.05, 0.1) is 12.0 Å². The number of esters is 1. The predicted octanol–water partition coefficient (Wildman–Crippen LogP) is 2.77. The van der Waals surface area contributed by atoms with Gasteiger partial charge in [0.25, 0.3) is 0 Å². The maximum Gasteiger partial charge on any atom is 0.311 e. The summed E-state index contributed by atoms with van der Waals surface area (Å²) in [7, 11) is 0. The van der Waals surface area contributed by atoms with Crippen LogP contribution >= 0.6 is 0 Å². The highest BCUT2D eigenvalue weighted by Gasteiger charge is 2.38. The molecule has 1 saturated carbocycles. The summed E-state index contributed by atoms with van der Waals surface area (Å²) in [5.74, 6) is 0.671. The largest absolute Gasteiger partial charge is 0.466 e. The minimum Gasteiger partial charge on any atom is -0.466 e. The van der Waals surface area contributed by atoms with Gasteiger partial charge in [0.1, 0.15) is 0 Å². The van der Waals surface area contributed by atoms with Crippen molar-refractivity contribution in [3.63, 3.8) is 0 Å². The van der Waals surface area contributed by atoms with Crippen molar-refractivity contribution in [1.29, 1.82) is 0 Å². The molecule has 0 aliphatic heterocycles. The van der Waals surface area contributed by atoms with Crippen molar-refractivity contribution in [3.05, 3.63) is 0 Å². The Morgan fingerprint density at radius 1 is 1.62 bits per heavy atom. The Hall–Kier alpha value is -0.530. The Balaban J connectivity index is 2.57. The van der Waals surface area contributed by atoms with Crippen LogP contribution in [0.3, 0.4) is 0 Å². The molecule has 2 heteroatoms. The van der Waals surface area contributed by atoms with Gasteiger partial charge in [-0.25, -0.2) is 0 Å². The number of rotatable bonds is 2. The van der Waals surface area contributed by atoms with Gasteiger partial charge in [-0.3, -0.25) is 4.79 Å². The van der Waals surface area contributed by atoms with Crippen LogP contribution in [0.1, 0.15) is 46.5 Å². The molecular weight excluding hydrogens is 164 g/mol. The third-order valence-corrected chi connectivity index (χ3v) is 2.99. The van der Waals surface area contributed by atoms with Crippen LogP contribution in [0.25, 0.3) is 0 Å². The van der Waals surface area contributed by atoms with Gasteiger partial charge >= 0.3 is 5.97 Å². The van der Waals surface area contributed by atoms with E-state index in [-0.39, 0.29) is 11.4 Å². The molecule has 0 bridgehead atoms. The zero-order valence-corrected chi connectivity index (χ0v) is 8.93. The SMILES string of the molecule is CCOC(=O)[C@]1(C)CCC[C@@H](C)C1. The second-order valence-electron chi connectivity index (χ2n) is 4.48. The summed E-state index contributed by atoms with van der Waals surface area (Å²) < 4.78 is 5.09. The summed E-state index contributed by atoms with van der Waals surface area (Å²) in [6, 6.07) is 0. The van der Waals surface area contributed by atoms with Gasteiger partial charge in [0, 0.05) is 0 Å². The monoisotopic (exact) mass is 184 g/mol. The molecule has 0 aromatic carbocycles. The second-order valence-corrected chi connectivity index (χ2v) is 4.48. The van der Waals surface area contributed by atoms with Crippen molar-refractivity contribution in [2.75, 3.05) is 6.61 Å². The van der Waals surface area contributed by atoms with E-state index in [1.54, 1.807) is 0 Å². The molecule has 0 radical (unpaired) electrons. The van der Waals surface area contributed by atoms with Crippen molar-refractivity contribution < 1.29 is 9.53 Å². The van der Waals surface area contributed by atoms with Crippen molar-refractivity contribution >= 4 is 5.97 Å². The molecule has 0 N–H and O–H groups in total. The Morgan fingerprint density at radius 2 is 2.31 bits per heavy atom. The first kappa shape index (κ1) is 10.6. The van der Waals surface area contributed by atoms with E-state index < -0.39 is 0 Å². The lowest BCUT2D eigenvalue weighted by Crippen LogP contribution is -2.34. The molecule has 2 nitrogen and oxygen atoms in total. The van der Waals surface area contributed by atoms with Gasteiger partial charge in [-0.1, -0.05) is 19.8 Å². The highest BCUT2D eigenvalue weighted by molar-refractivity contribution is 5.76. The average Bonchev–Trinajstić information content (AvgIpc) is 2.04. The first-order chi connectivity index (χ1) is 6.08. The zero-order chi connectivity index (χ0) is 9.90. The molecule has 0 spiro atoms. The number of carbonyl (C=O) groups is 1. The van der Waals surface area contributed by atoms with Crippen LogP contribution in [0.5, 0.6) is 0 Å². The predicted molar refractivity (Wildman–Crippen MR) is 52.4 cm³/mol. The fourth-order valence-electron chi connectivity index (χ4n) is 2.30. The fraction of sp³-hybridized carbons (Fsp3) is 0.909. The normalized spacial score (nSPS) is 34.2. The second kappa shape index (κ2) is 4.12. The average molecular weight is 184 g/mol. The Morgan fingerprint density at radius 3 is 2.85 bits per heavy atom. The molecule has 0 aromatic rings. The van der Waals surface area contributed by atoms with Crippen molar-refractivity contribution in [1.82, 2.24) is 0 Å². The van der Waals surface area contributed by atoms with E-state index in [0.29, 0.717) is 12.5 Å². The lowest BCUT2D eigenvalue weighted by molar-refractivity contribution is -0.157. The van der Waals surface area contributed by atoms with Gasteiger partial charge in [0.2, 0.25) is 0 Å². The zero-order valence-electron chi connectivity index (χ0n) is 8.93. The van der Waals surface area contributed by atoms with Crippen LogP contribution in [0.4, 0.5) is 0 Å². The van der Waals surface area contributed by atoms with E-state index in [1.165, 1.54) is 6.42 Å². The molecule has 2 atom stereocenters. The number of hydrogen-bond acceptors (Lipinski definition) is 2. The fourth-order valence-corrected chi connectivity index (χ4v) is 2.30. The van der Waals surface area contributed by atoms with E-state index in [1.807, 2.05) is 13.8 Å². The molecule has 13 heavy (non-hydrogen) atoms. The maximum atomic E-state index is 11.6. The summed E-state index contributed by atoms with van der Waals surface area (Å²) >= 11 is 0. The van der Waals surface area contributed by atoms with Crippen LogP contribution in [-0.4, -0.2) is 12.6 Å². The van der Waals surface area contributed by atoms with E-state index in [4.69, 9.17) is 4.74 Å². The quantitative estimate of drug-likeness (QED) is 0.617. The molecule has 1 aliphatic carbocycles. The number of ether oxygens (including phenoxy) is 1. The van der Waals surface area contributed by atoms with Crippen molar-refractivity contribution in [3.8, 4) is 0 Å². The third-order valence-electron chi connectivity index (χ3n) is 2.99. The van der Waals surface area contributed by atoms with Gasteiger partial charge in [0.15, 0.2) is 0 Å². The number of hydrogen-bond donors (Lipinski definition) is 0. The van der Waals surface area contributed by atoms with E-state index in [9.17, 15) is 4.79 Å². The van der Waals surface area contributed by atoms with Gasteiger partial charge in [-0.2, -0.15) is 0 Å². The minimum atomic E-state index is -0.201. The van der Waals surface area contributed by atoms with Gasteiger partial charge in [-0.05, 0) is 32.6 Å². The lowest BCUT2D eigenvalue weighted by Gasteiger charge is -2.34. The Kier molecular flexibility index (Phi) is 3.34. The van der Waals surface area contributed by atoms with E-state index >= 15 is 0 Å². The highest BCUT2D eigenvalue weighted by atomic mass is 16.5. The molecule has 0 heterocycles. The number of carbonyl (C=O) groups excluding carboxylic acids is 1. The summed E-state index contributed by atoms with van der Waals surface area (Å²) in [5.41, 5.74) is -0.201. The molecule has 1 fully saturated rings. The van der Waals surface area contributed by atoms with Crippen LogP contribution in [0.2, 0.25) is 0 Å². The summed E-state index contributed by atoms with van der Waals surface area (Å²) in [5, 5.41) is 0. The molecule has 1 aliphatic rings. The first-order valence-electron chi connectivity index (χ1n) is 5.25. The maximum absolute atomic E-state index is 11.6. The van der Waals surface area contributed by atoms with Crippen molar-refractivity contribution in [2.24, 2.45) is 11.3 Å². The molecule has 0 saturated heterocycles. The molecule has 0 unspecified atom stereocenters. The van der Waals surface area contributed by atoms with Gasteiger partial charge in [-0.15, -0.1) is 0 Å². The lowest BCUT2D eigenvalue weighted by atomic mass is 9.71. The van der Waals surface area contributed by atoms with Crippen molar-refractivity contribution in [2.45, 2.75) is 46.5 Å². The van der Waals surface area contributed by atoms with Crippen LogP contribution < -0.4 is 0 Å². The molecule has 76 valence electrons. The highest BCUT2D eigenvalue weighted by Crippen LogP contribution is 2.39. The van der Waals surface area contributed by atoms with Crippen LogP contribution in [-0.2, 0) is 9.53 Å². The van der Waals surface area contributed by atoms with Crippen LogP contribution in [0, 0.1) is 11.3 Å². The summed E-state index contributed by atoms with van der Waals surface area (Å²) in [6.45, 7) is 6.63. The van der Waals surface area contributed by atoms with Crippen LogP contribution in [0.15, 0.2) is 0 Å². The molecule has 1 rings (SSSR count). The minimum absolute atomic E-state index is 0.00144. The molecule has 0 amide bonds. The summed E-state index contributed by atoms with van der Waals surface area (Å²) in [4.78, 5) is 11.6. The summed E-state index contributed by atoms with van der Waals surface area (Å²) in [6.07, 6.45) is 4.41. The third kappa shape index (κ3) is 2.45. The first-order valence-corrected chi connectivity index (χ1v) is 5.25. The van der Waals surface area contributed by atoms with Gasteiger partial charge < -0.3 is 4.74 Å². The molecular formula is C11H20O2. The van der Waals surface area contributed by atoms with E-state index in [0.717, 1.165) is 19.3 Å². The topological polar surface area (TPSA) is 26.3 Å². The Labute approximate surface area is 80.7 Å². The standard InChI is InChI=1S/C11H20O2/c1-4-13-10(12)11(3)7-5-6-9(2)8-11/h9H,4-8H2,1-3H3/t9-,11-/m1/s1.